The molecule has 0 fully saturated rings. The van der Waals surface area contributed by atoms with Gasteiger partial charge in [0.25, 0.3) is 0 Å². The first-order valence-electron chi connectivity index (χ1n) is 5.59. The van der Waals surface area contributed by atoms with E-state index in [1.807, 2.05) is 29.8 Å². The molecule has 4 heteroatoms. The van der Waals surface area contributed by atoms with Crippen molar-refractivity contribution in [2.75, 3.05) is 18.5 Å². The summed E-state index contributed by atoms with van der Waals surface area (Å²) in [6, 6.07) is 8.07. The summed E-state index contributed by atoms with van der Waals surface area (Å²) in [5.41, 5.74) is 2.14. The standard InChI is InChI=1S/C12H17N3O/c1-15-11-7-3-2-6-10(11)14-12(15)13-8-4-5-9-16/h2-3,6-7,16H,4-5,8-9H2,1H3,(H,13,14). The number of nitrogens with one attached hydrogen (secondary N) is 1. The van der Waals surface area contributed by atoms with Crippen LogP contribution in [0.4, 0.5) is 5.95 Å². The molecule has 0 spiro atoms. The van der Waals surface area contributed by atoms with Crippen LogP contribution in [0.2, 0.25) is 0 Å². The minimum absolute atomic E-state index is 0.254. The van der Waals surface area contributed by atoms with Crippen molar-refractivity contribution in [1.29, 1.82) is 0 Å². The highest BCUT2D eigenvalue weighted by Crippen LogP contribution is 2.17. The highest BCUT2D eigenvalue weighted by molar-refractivity contribution is 5.78. The fourth-order valence-corrected chi connectivity index (χ4v) is 1.74. The van der Waals surface area contributed by atoms with Gasteiger partial charge in [0, 0.05) is 20.2 Å². The Balaban J connectivity index is 2.09. The molecule has 2 aromatic rings. The van der Waals surface area contributed by atoms with Crippen LogP contribution < -0.4 is 5.32 Å². The average Bonchev–Trinajstić information content (AvgIpc) is 2.63. The summed E-state index contributed by atoms with van der Waals surface area (Å²) in [5.74, 6) is 0.888. The van der Waals surface area contributed by atoms with E-state index in [2.05, 4.69) is 16.4 Å². The fourth-order valence-electron chi connectivity index (χ4n) is 1.74. The number of fused-ring (bicyclic) bond motifs is 1. The van der Waals surface area contributed by atoms with Crippen molar-refractivity contribution in [2.45, 2.75) is 12.8 Å². The number of aliphatic hydroxyl groups excluding tert-OH is 1. The lowest BCUT2D eigenvalue weighted by Crippen LogP contribution is -2.07. The number of nitrogens with zero attached hydrogens (tertiary/aromatic N) is 2. The van der Waals surface area contributed by atoms with E-state index in [4.69, 9.17) is 5.11 Å². The maximum absolute atomic E-state index is 8.68. The molecule has 0 radical (unpaired) electrons. The van der Waals surface area contributed by atoms with Crippen LogP contribution in [0.25, 0.3) is 11.0 Å². The van der Waals surface area contributed by atoms with Gasteiger partial charge >= 0.3 is 0 Å². The molecule has 0 aliphatic heterocycles. The lowest BCUT2D eigenvalue weighted by Gasteiger charge is -2.04. The Kier molecular flexibility index (Phi) is 3.41. The summed E-state index contributed by atoms with van der Waals surface area (Å²) >= 11 is 0. The van der Waals surface area contributed by atoms with Gasteiger partial charge in [-0.1, -0.05) is 12.1 Å². The normalized spacial score (nSPS) is 10.9. The van der Waals surface area contributed by atoms with Crippen LogP contribution in [0.3, 0.4) is 0 Å². The number of imidazole rings is 1. The highest BCUT2D eigenvalue weighted by atomic mass is 16.2. The molecule has 0 unspecified atom stereocenters. The van der Waals surface area contributed by atoms with Gasteiger partial charge in [0.05, 0.1) is 11.0 Å². The van der Waals surface area contributed by atoms with Crippen LogP contribution in [0.5, 0.6) is 0 Å². The third kappa shape index (κ3) is 2.17. The molecule has 0 saturated heterocycles. The molecule has 1 aromatic carbocycles. The summed E-state index contributed by atoms with van der Waals surface area (Å²) in [4.78, 5) is 4.50. The Morgan fingerprint density at radius 2 is 2.12 bits per heavy atom. The summed E-state index contributed by atoms with van der Waals surface area (Å²) in [7, 11) is 2.00. The Hall–Kier alpha value is -1.55. The molecule has 0 amide bonds. The number of hydrogen-bond acceptors (Lipinski definition) is 3. The van der Waals surface area contributed by atoms with Gasteiger partial charge in [-0.25, -0.2) is 4.98 Å². The molecule has 4 nitrogen and oxygen atoms in total. The van der Waals surface area contributed by atoms with Crippen LogP contribution in [-0.2, 0) is 7.05 Å². The SMILES string of the molecule is Cn1c(NCCCCO)nc2ccccc21. The largest absolute Gasteiger partial charge is 0.396 e. The van der Waals surface area contributed by atoms with Crippen LogP contribution in [0.1, 0.15) is 12.8 Å². The maximum atomic E-state index is 8.68. The Morgan fingerprint density at radius 3 is 2.88 bits per heavy atom. The van der Waals surface area contributed by atoms with E-state index in [0.29, 0.717) is 0 Å². The summed E-state index contributed by atoms with van der Waals surface area (Å²) in [6.07, 6.45) is 1.79. The Bertz CT molecular complexity index is 464. The molecule has 86 valence electrons. The van der Waals surface area contributed by atoms with Gasteiger partial charge in [-0.15, -0.1) is 0 Å². The van der Waals surface area contributed by atoms with Gasteiger partial charge in [-0.2, -0.15) is 0 Å². The van der Waals surface area contributed by atoms with Crippen LogP contribution in [0.15, 0.2) is 24.3 Å². The first kappa shape index (κ1) is 11.0. The van der Waals surface area contributed by atoms with Crippen molar-refractivity contribution in [3.63, 3.8) is 0 Å². The smallest absolute Gasteiger partial charge is 0.203 e. The zero-order chi connectivity index (χ0) is 11.4. The maximum Gasteiger partial charge on any atom is 0.203 e. The van der Waals surface area contributed by atoms with E-state index in [1.54, 1.807) is 0 Å². The minimum Gasteiger partial charge on any atom is -0.396 e. The third-order valence-electron chi connectivity index (χ3n) is 2.66. The number of unbranched alkanes of at least 4 members (excludes halogenated alkanes) is 1. The van der Waals surface area contributed by atoms with Gasteiger partial charge in [0.1, 0.15) is 0 Å². The Morgan fingerprint density at radius 1 is 1.31 bits per heavy atom. The number of hydrogen-bond donors (Lipinski definition) is 2. The van der Waals surface area contributed by atoms with Gasteiger partial charge in [-0.05, 0) is 25.0 Å². The number of para-hydroxylation sites is 2. The summed E-state index contributed by atoms with van der Waals surface area (Å²) in [6.45, 7) is 1.10. The summed E-state index contributed by atoms with van der Waals surface area (Å²) in [5, 5.41) is 12.0. The molecule has 0 bridgehead atoms. The molecule has 2 rings (SSSR count). The average molecular weight is 219 g/mol. The van der Waals surface area contributed by atoms with E-state index in [0.717, 1.165) is 36.4 Å². The first-order valence-corrected chi connectivity index (χ1v) is 5.59. The molecule has 0 saturated carbocycles. The van der Waals surface area contributed by atoms with Crippen molar-refractivity contribution in [3.05, 3.63) is 24.3 Å². The highest BCUT2D eigenvalue weighted by Gasteiger charge is 2.05. The second-order valence-corrected chi connectivity index (χ2v) is 3.84. The number of benzene rings is 1. The van der Waals surface area contributed by atoms with E-state index in [-0.39, 0.29) is 6.61 Å². The van der Waals surface area contributed by atoms with Gasteiger partial charge in [0.2, 0.25) is 5.95 Å². The Labute approximate surface area is 94.9 Å². The lowest BCUT2D eigenvalue weighted by atomic mass is 10.3. The molecule has 16 heavy (non-hydrogen) atoms. The number of aryl methyl sites for hydroxylation is 1. The predicted octanol–water partition coefficient (Wildman–Crippen LogP) is 1.76. The van der Waals surface area contributed by atoms with Crippen LogP contribution in [-0.4, -0.2) is 27.8 Å². The first-order chi connectivity index (χ1) is 7.83. The molecule has 2 N–H and O–H groups in total. The van der Waals surface area contributed by atoms with Crippen molar-refractivity contribution >= 4 is 17.0 Å². The molecule has 0 aliphatic rings. The zero-order valence-corrected chi connectivity index (χ0v) is 9.48. The lowest BCUT2D eigenvalue weighted by molar-refractivity contribution is 0.286. The zero-order valence-electron chi connectivity index (χ0n) is 9.48. The quantitative estimate of drug-likeness (QED) is 0.753. The molecule has 1 aromatic heterocycles. The second-order valence-electron chi connectivity index (χ2n) is 3.84. The van der Waals surface area contributed by atoms with Crippen molar-refractivity contribution in [3.8, 4) is 0 Å². The molecule has 0 aliphatic carbocycles. The van der Waals surface area contributed by atoms with Crippen molar-refractivity contribution in [2.24, 2.45) is 7.05 Å². The predicted molar refractivity (Wildman–Crippen MR) is 65.5 cm³/mol. The monoisotopic (exact) mass is 219 g/mol. The molecular formula is C12H17N3O. The van der Waals surface area contributed by atoms with Crippen LogP contribution >= 0.6 is 0 Å². The molecule has 1 heterocycles. The molecular weight excluding hydrogens is 202 g/mol. The third-order valence-corrected chi connectivity index (χ3v) is 2.66. The number of aromatic nitrogens is 2. The van der Waals surface area contributed by atoms with E-state index in [9.17, 15) is 0 Å². The van der Waals surface area contributed by atoms with Crippen molar-refractivity contribution < 1.29 is 5.11 Å². The number of rotatable bonds is 5. The summed E-state index contributed by atoms with van der Waals surface area (Å²) < 4.78 is 2.05. The van der Waals surface area contributed by atoms with E-state index in [1.165, 1.54) is 0 Å². The van der Waals surface area contributed by atoms with Crippen molar-refractivity contribution in [1.82, 2.24) is 9.55 Å². The number of anilines is 1. The molecule has 0 atom stereocenters. The fraction of sp³-hybridized carbons (Fsp3) is 0.417. The van der Waals surface area contributed by atoms with Crippen LogP contribution in [0, 0.1) is 0 Å². The van der Waals surface area contributed by atoms with E-state index < -0.39 is 0 Å². The topological polar surface area (TPSA) is 50.1 Å². The number of aliphatic hydroxyl groups is 1. The minimum atomic E-state index is 0.254. The van der Waals surface area contributed by atoms with E-state index >= 15 is 0 Å². The second kappa shape index (κ2) is 4.99. The van der Waals surface area contributed by atoms with Gasteiger partial charge < -0.3 is 15.0 Å². The van der Waals surface area contributed by atoms with Gasteiger partial charge in [0.15, 0.2) is 0 Å². The van der Waals surface area contributed by atoms with Gasteiger partial charge in [-0.3, -0.25) is 0 Å².